The second kappa shape index (κ2) is 5.21. The lowest BCUT2D eigenvalue weighted by Crippen LogP contribution is -2.14. The summed E-state index contributed by atoms with van der Waals surface area (Å²) in [5.74, 6) is 0.735. The molecule has 90 valence electrons. The normalized spacial score (nSPS) is 29.6. The molecule has 0 heteroatoms. The summed E-state index contributed by atoms with van der Waals surface area (Å²) in [6.45, 7) is 4.64. The fraction of sp³-hybridized carbons (Fsp3) is 0.750. The van der Waals surface area contributed by atoms with Crippen LogP contribution in [-0.2, 0) is 0 Å². The van der Waals surface area contributed by atoms with Crippen LogP contribution in [0.15, 0.2) is 23.8 Å². The van der Waals surface area contributed by atoms with Crippen LogP contribution >= 0.6 is 0 Å². The molecule has 0 radical (unpaired) electrons. The lowest BCUT2D eigenvalue weighted by molar-refractivity contribution is 0.325. The molecule has 1 saturated carbocycles. The first kappa shape index (κ1) is 12.0. The van der Waals surface area contributed by atoms with Crippen molar-refractivity contribution in [2.75, 3.05) is 0 Å². The molecule has 2 aliphatic carbocycles. The summed E-state index contributed by atoms with van der Waals surface area (Å²) in [4.78, 5) is 0. The first-order valence-corrected chi connectivity index (χ1v) is 7.04. The van der Waals surface area contributed by atoms with Crippen molar-refractivity contribution in [1.29, 1.82) is 0 Å². The van der Waals surface area contributed by atoms with Crippen molar-refractivity contribution in [2.45, 2.75) is 65.2 Å². The molecule has 0 aromatic carbocycles. The van der Waals surface area contributed by atoms with Crippen LogP contribution in [-0.4, -0.2) is 0 Å². The van der Waals surface area contributed by atoms with Gasteiger partial charge in [0.2, 0.25) is 0 Å². The molecule has 0 amide bonds. The first-order valence-electron chi connectivity index (χ1n) is 7.04. The minimum Gasteiger partial charge on any atom is -0.0911 e. The van der Waals surface area contributed by atoms with E-state index in [0.717, 1.165) is 5.92 Å². The SMILES string of the molecule is C/C=C/C1C=C(CC2(C)CCCC2)CCC1. The Morgan fingerprint density at radius 3 is 2.75 bits per heavy atom. The van der Waals surface area contributed by atoms with Gasteiger partial charge in [-0.1, -0.05) is 43.6 Å². The Hall–Kier alpha value is -0.520. The molecule has 1 unspecified atom stereocenters. The number of hydrogen-bond donors (Lipinski definition) is 0. The van der Waals surface area contributed by atoms with E-state index in [2.05, 4.69) is 32.1 Å². The molecule has 0 N–H and O–H groups in total. The lowest BCUT2D eigenvalue weighted by atomic mass is 9.78. The number of hydrogen-bond acceptors (Lipinski definition) is 0. The molecule has 2 aliphatic rings. The molecule has 0 aromatic rings. The van der Waals surface area contributed by atoms with Gasteiger partial charge in [-0.05, 0) is 56.8 Å². The molecule has 1 atom stereocenters. The van der Waals surface area contributed by atoms with Gasteiger partial charge in [-0.25, -0.2) is 0 Å². The minimum atomic E-state index is 0.643. The first-order chi connectivity index (χ1) is 7.72. The molecule has 2 rings (SSSR count). The summed E-state index contributed by atoms with van der Waals surface area (Å²) >= 11 is 0. The van der Waals surface area contributed by atoms with E-state index >= 15 is 0 Å². The van der Waals surface area contributed by atoms with Crippen LogP contribution in [0.4, 0.5) is 0 Å². The van der Waals surface area contributed by atoms with Crippen molar-refractivity contribution in [2.24, 2.45) is 11.3 Å². The van der Waals surface area contributed by atoms with Gasteiger partial charge in [0.15, 0.2) is 0 Å². The molecule has 0 aliphatic heterocycles. The van der Waals surface area contributed by atoms with E-state index in [9.17, 15) is 0 Å². The van der Waals surface area contributed by atoms with Crippen molar-refractivity contribution in [3.63, 3.8) is 0 Å². The third-order valence-electron chi connectivity index (χ3n) is 4.39. The highest BCUT2D eigenvalue weighted by molar-refractivity contribution is 5.14. The topological polar surface area (TPSA) is 0 Å². The van der Waals surface area contributed by atoms with Crippen LogP contribution in [0, 0.1) is 11.3 Å². The Balaban J connectivity index is 1.98. The second-order valence-electron chi connectivity index (χ2n) is 6.10. The zero-order valence-electron chi connectivity index (χ0n) is 11.0. The van der Waals surface area contributed by atoms with Crippen molar-refractivity contribution in [3.8, 4) is 0 Å². The van der Waals surface area contributed by atoms with Crippen molar-refractivity contribution < 1.29 is 0 Å². The van der Waals surface area contributed by atoms with Crippen molar-refractivity contribution >= 4 is 0 Å². The molecule has 16 heavy (non-hydrogen) atoms. The molecular formula is C16H26. The standard InChI is InChI=1S/C16H26/c1-3-7-14-8-6-9-15(12-14)13-16(2)10-4-5-11-16/h3,7,12,14H,4-6,8-11,13H2,1-2H3/b7-3+. The summed E-state index contributed by atoms with van der Waals surface area (Å²) in [6, 6.07) is 0. The molecule has 0 heterocycles. The zero-order valence-corrected chi connectivity index (χ0v) is 11.0. The predicted molar refractivity (Wildman–Crippen MR) is 71.4 cm³/mol. The van der Waals surface area contributed by atoms with Gasteiger partial charge in [0.25, 0.3) is 0 Å². The van der Waals surface area contributed by atoms with Crippen molar-refractivity contribution in [3.05, 3.63) is 23.8 Å². The maximum atomic E-state index is 2.56. The maximum Gasteiger partial charge on any atom is -0.00508 e. The van der Waals surface area contributed by atoms with Crippen LogP contribution < -0.4 is 0 Å². The highest BCUT2D eigenvalue weighted by Gasteiger charge is 2.29. The van der Waals surface area contributed by atoms with Crippen LogP contribution in [0.5, 0.6) is 0 Å². The Morgan fingerprint density at radius 1 is 1.31 bits per heavy atom. The molecule has 0 aromatic heterocycles. The molecule has 0 saturated heterocycles. The van der Waals surface area contributed by atoms with Crippen LogP contribution in [0.2, 0.25) is 0 Å². The molecule has 1 fully saturated rings. The van der Waals surface area contributed by atoms with Crippen LogP contribution in [0.25, 0.3) is 0 Å². The fourth-order valence-corrected chi connectivity index (χ4v) is 3.53. The Bertz CT molecular complexity index is 276. The smallest absolute Gasteiger partial charge is 0.00508 e. The third-order valence-corrected chi connectivity index (χ3v) is 4.39. The van der Waals surface area contributed by atoms with Gasteiger partial charge >= 0.3 is 0 Å². The predicted octanol–water partition coefficient (Wildman–Crippen LogP) is 5.26. The van der Waals surface area contributed by atoms with Crippen molar-refractivity contribution in [1.82, 2.24) is 0 Å². The van der Waals surface area contributed by atoms with Crippen LogP contribution in [0.3, 0.4) is 0 Å². The van der Waals surface area contributed by atoms with Gasteiger partial charge in [-0.3, -0.25) is 0 Å². The van der Waals surface area contributed by atoms with E-state index in [0.29, 0.717) is 5.41 Å². The summed E-state index contributed by atoms with van der Waals surface area (Å²) in [6.07, 6.45) is 18.5. The quantitative estimate of drug-likeness (QED) is 0.567. The Labute approximate surface area is 101 Å². The highest BCUT2D eigenvalue weighted by atomic mass is 14.3. The van der Waals surface area contributed by atoms with E-state index in [1.165, 1.54) is 51.4 Å². The van der Waals surface area contributed by atoms with E-state index in [1.807, 2.05) is 0 Å². The summed E-state index contributed by atoms with van der Waals surface area (Å²) in [5.41, 5.74) is 2.39. The van der Waals surface area contributed by atoms with E-state index in [4.69, 9.17) is 0 Å². The largest absolute Gasteiger partial charge is 0.0911 e. The zero-order chi connectivity index (χ0) is 11.4. The Kier molecular flexibility index (Phi) is 3.89. The fourth-order valence-electron chi connectivity index (χ4n) is 3.53. The summed E-state index contributed by atoms with van der Waals surface area (Å²) in [5, 5.41) is 0. The highest BCUT2D eigenvalue weighted by Crippen LogP contribution is 2.44. The van der Waals surface area contributed by atoms with Gasteiger partial charge in [0.05, 0.1) is 0 Å². The summed E-state index contributed by atoms with van der Waals surface area (Å²) < 4.78 is 0. The van der Waals surface area contributed by atoms with Gasteiger partial charge in [-0.2, -0.15) is 0 Å². The Morgan fingerprint density at radius 2 is 2.06 bits per heavy atom. The van der Waals surface area contributed by atoms with Crippen LogP contribution in [0.1, 0.15) is 65.2 Å². The monoisotopic (exact) mass is 218 g/mol. The average molecular weight is 218 g/mol. The van der Waals surface area contributed by atoms with E-state index < -0.39 is 0 Å². The second-order valence-corrected chi connectivity index (χ2v) is 6.10. The summed E-state index contributed by atoms with van der Waals surface area (Å²) in [7, 11) is 0. The molecule has 0 nitrogen and oxygen atoms in total. The minimum absolute atomic E-state index is 0.643. The van der Waals surface area contributed by atoms with Gasteiger partial charge in [-0.15, -0.1) is 0 Å². The maximum absolute atomic E-state index is 2.56. The lowest BCUT2D eigenvalue weighted by Gasteiger charge is -2.28. The van der Waals surface area contributed by atoms with Gasteiger partial charge in [0, 0.05) is 0 Å². The van der Waals surface area contributed by atoms with Gasteiger partial charge < -0.3 is 0 Å². The third kappa shape index (κ3) is 2.99. The van der Waals surface area contributed by atoms with Gasteiger partial charge in [0.1, 0.15) is 0 Å². The molecule has 0 bridgehead atoms. The molecule has 0 spiro atoms. The number of allylic oxidation sites excluding steroid dienone is 4. The van der Waals surface area contributed by atoms with E-state index in [-0.39, 0.29) is 0 Å². The molecular weight excluding hydrogens is 192 g/mol. The van der Waals surface area contributed by atoms with E-state index in [1.54, 1.807) is 5.57 Å². The average Bonchev–Trinajstić information content (AvgIpc) is 2.66. The number of rotatable bonds is 3.